The van der Waals surface area contributed by atoms with Crippen LogP contribution in [-0.2, 0) is 9.53 Å². The summed E-state index contributed by atoms with van der Waals surface area (Å²) in [6, 6.07) is 9.39. The normalized spacial score (nSPS) is 10.2. The predicted octanol–water partition coefficient (Wildman–Crippen LogP) is 4.14. The topological polar surface area (TPSA) is 55.4 Å². The monoisotopic (exact) mass is 387 g/mol. The van der Waals surface area contributed by atoms with E-state index in [0.717, 1.165) is 9.35 Å². The average Bonchev–Trinajstić information content (AvgIpc) is 2.83. The van der Waals surface area contributed by atoms with E-state index >= 15 is 0 Å². The van der Waals surface area contributed by atoms with Crippen LogP contribution in [0.4, 0.5) is 5.00 Å². The van der Waals surface area contributed by atoms with Gasteiger partial charge in [-0.1, -0.05) is 30.3 Å². The zero-order valence-corrected chi connectivity index (χ0v) is 14.1. The van der Waals surface area contributed by atoms with Crippen LogP contribution in [0.5, 0.6) is 0 Å². The summed E-state index contributed by atoms with van der Waals surface area (Å²) in [5.74, 6) is -1.08. The van der Waals surface area contributed by atoms with Crippen molar-refractivity contribution in [1.82, 2.24) is 0 Å². The molecule has 21 heavy (non-hydrogen) atoms. The summed E-state index contributed by atoms with van der Waals surface area (Å²) < 4.78 is 5.57. The first-order valence-corrected chi connectivity index (χ1v) is 8.04. The highest BCUT2D eigenvalue weighted by atomic mass is 79.9. The number of benzene rings is 1. The Kier molecular flexibility index (Phi) is 5.39. The smallest absolute Gasteiger partial charge is 0.341 e. The number of hydrogen-bond acceptors (Lipinski definition) is 4. The van der Waals surface area contributed by atoms with E-state index in [4.69, 9.17) is 16.3 Å². The number of thiophene rings is 1. The van der Waals surface area contributed by atoms with E-state index < -0.39 is 5.97 Å². The number of esters is 1. The van der Waals surface area contributed by atoms with Gasteiger partial charge in [-0.25, -0.2) is 4.79 Å². The first-order valence-electron chi connectivity index (χ1n) is 5.90. The minimum atomic E-state index is -0.513. The predicted molar refractivity (Wildman–Crippen MR) is 88.1 cm³/mol. The van der Waals surface area contributed by atoms with Crippen LogP contribution in [0.3, 0.4) is 0 Å². The van der Waals surface area contributed by atoms with Gasteiger partial charge in [0, 0.05) is 5.56 Å². The molecule has 0 radical (unpaired) electrons. The summed E-state index contributed by atoms with van der Waals surface area (Å²) in [6.45, 7) is 0. The molecule has 2 rings (SSSR count). The van der Waals surface area contributed by atoms with Gasteiger partial charge in [0.25, 0.3) is 0 Å². The Bertz CT molecular complexity index is 672. The lowest BCUT2D eigenvalue weighted by atomic mass is 10.0. The number of carbonyl (C=O) groups is 2. The van der Waals surface area contributed by atoms with Crippen molar-refractivity contribution in [2.75, 3.05) is 18.3 Å². The van der Waals surface area contributed by atoms with Gasteiger partial charge < -0.3 is 10.1 Å². The van der Waals surface area contributed by atoms with Crippen molar-refractivity contribution in [1.29, 1.82) is 0 Å². The lowest BCUT2D eigenvalue weighted by Crippen LogP contribution is -2.14. The molecule has 1 heterocycles. The van der Waals surface area contributed by atoms with E-state index in [1.165, 1.54) is 18.4 Å². The molecule has 0 saturated carbocycles. The molecule has 0 aliphatic heterocycles. The second-order valence-electron chi connectivity index (χ2n) is 3.99. The van der Waals surface area contributed by atoms with E-state index in [0.29, 0.717) is 16.1 Å². The highest BCUT2D eigenvalue weighted by molar-refractivity contribution is 9.11. The van der Waals surface area contributed by atoms with Gasteiger partial charge in [-0.15, -0.1) is 22.9 Å². The van der Waals surface area contributed by atoms with Gasteiger partial charge in [0.2, 0.25) is 5.91 Å². The molecular formula is C14H11BrClNO3S. The van der Waals surface area contributed by atoms with Crippen LogP contribution in [0.25, 0.3) is 11.1 Å². The van der Waals surface area contributed by atoms with Gasteiger partial charge in [-0.3, -0.25) is 4.79 Å². The summed E-state index contributed by atoms with van der Waals surface area (Å²) in [5, 5.41) is 3.04. The van der Waals surface area contributed by atoms with Gasteiger partial charge >= 0.3 is 5.97 Å². The number of carbonyl (C=O) groups excluding carboxylic acids is 2. The molecule has 0 unspecified atom stereocenters. The lowest BCUT2D eigenvalue weighted by molar-refractivity contribution is -0.113. The average molecular weight is 389 g/mol. The molecule has 110 valence electrons. The van der Waals surface area contributed by atoms with E-state index in [9.17, 15) is 9.59 Å². The molecular weight excluding hydrogens is 378 g/mol. The molecule has 4 nitrogen and oxygen atoms in total. The quantitative estimate of drug-likeness (QED) is 0.632. The molecule has 0 spiro atoms. The number of amides is 1. The molecule has 0 saturated heterocycles. The number of anilines is 1. The number of rotatable bonds is 4. The minimum Gasteiger partial charge on any atom is -0.465 e. The van der Waals surface area contributed by atoms with Crippen LogP contribution in [-0.4, -0.2) is 24.9 Å². The zero-order valence-electron chi connectivity index (χ0n) is 11.0. The highest BCUT2D eigenvalue weighted by Gasteiger charge is 2.25. The summed E-state index contributed by atoms with van der Waals surface area (Å²) in [5.41, 5.74) is 1.86. The van der Waals surface area contributed by atoms with Crippen molar-refractivity contribution < 1.29 is 14.3 Å². The number of methoxy groups -OCH3 is 1. The molecule has 7 heteroatoms. The largest absolute Gasteiger partial charge is 0.465 e. The molecule has 0 atom stereocenters. The Hall–Kier alpha value is -1.37. The lowest BCUT2D eigenvalue weighted by Gasteiger charge is -2.07. The zero-order chi connectivity index (χ0) is 15.4. The summed E-state index contributed by atoms with van der Waals surface area (Å²) >= 11 is 10.2. The second-order valence-corrected chi connectivity index (χ2v) is 6.60. The van der Waals surface area contributed by atoms with E-state index in [2.05, 4.69) is 21.2 Å². The third-order valence-corrected chi connectivity index (χ3v) is 4.71. The van der Waals surface area contributed by atoms with Gasteiger partial charge in [0.1, 0.15) is 16.4 Å². The third kappa shape index (κ3) is 3.45. The molecule has 0 fully saturated rings. The standard InChI is InChI=1S/C14H11BrClNO3S/c1-20-14(19)11-10(8-5-3-2-4-6-8)12(15)21-13(11)17-9(18)7-16/h2-6H,7H2,1H3,(H,17,18). The molecule has 0 aliphatic carbocycles. The molecule has 2 aromatic rings. The van der Waals surface area contributed by atoms with Gasteiger partial charge in [-0.2, -0.15) is 0 Å². The molecule has 1 aromatic carbocycles. The fourth-order valence-corrected chi connectivity index (χ4v) is 3.74. The Labute approximate surface area is 139 Å². The van der Waals surface area contributed by atoms with Gasteiger partial charge in [-0.05, 0) is 21.5 Å². The Morgan fingerprint density at radius 2 is 2.00 bits per heavy atom. The van der Waals surface area contributed by atoms with Crippen molar-refractivity contribution in [3.05, 3.63) is 39.7 Å². The Morgan fingerprint density at radius 1 is 1.33 bits per heavy atom. The molecule has 1 amide bonds. The van der Waals surface area contributed by atoms with Crippen LogP contribution in [0.1, 0.15) is 10.4 Å². The first-order chi connectivity index (χ1) is 10.1. The SMILES string of the molecule is COC(=O)c1c(NC(=O)CCl)sc(Br)c1-c1ccccc1. The maximum atomic E-state index is 12.1. The number of ether oxygens (including phenoxy) is 1. The van der Waals surface area contributed by atoms with Crippen molar-refractivity contribution in [2.45, 2.75) is 0 Å². The number of nitrogens with one attached hydrogen (secondary N) is 1. The van der Waals surface area contributed by atoms with Crippen molar-refractivity contribution >= 4 is 55.7 Å². The van der Waals surface area contributed by atoms with Crippen LogP contribution in [0.15, 0.2) is 34.1 Å². The molecule has 1 N–H and O–H groups in total. The molecule has 0 aliphatic rings. The number of hydrogen-bond donors (Lipinski definition) is 1. The van der Waals surface area contributed by atoms with Crippen LogP contribution in [0, 0.1) is 0 Å². The van der Waals surface area contributed by atoms with E-state index in [1.807, 2.05) is 30.3 Å². The van der Waals surface area contributed by atoms with Crippen molar-refractivity contribution in [2.24, 2.45) is 0 Å². The van der Waals surface area contributed by atoms with E-state index in [-0.39, 0.29) is 11.8 Å². The number of alkyl halides is 1. The maximum Gasteiger partial charge on any atom is 0.341 e. The van der Waals surface area contributed by atoms with Crippen molar-refractivity contribution in [3.8, 4) is 11.1 Å². The van der Waals surface area contributed by atoms with Crippen LogP contribution in [0.2, 0.25) is 0 Å². The number of halogens is 2. The van der Waals surface area contributed by atoms with Crippen LogP contribution < -0.4 is 5.32 Å². The molecule has 0 bridgehead atoms. The summed E-state index contributed by atoms with van der Waals surface area (Å²) in [4.78, 5) is 23.6. The second kappa shape index (κ2) is 7.06. The maximum absolute atomic E-state index is 12.1. The summed E-state index contributed by atoms with van der Waals surface area (Å²) in [7, 11) is 1.30. The third-order valence-electron chi connectivity index (χ3n) is 2.69. The Morgan fingerprint density at radius 3 is 2.57 bits per heavy atom. The Balaban J connectivity index is 2.59. The van der Waals surface area contributed by atoms with Crippen molar-refractivity contribution in [3.63, 3.8) is 0 Å². The molecule has 1 aromatic heterocycles. The highest BCUT2D eigenvalue weighted by Crippen LogP contribution is 2.43. The van der Waals surface area contributed by atoms with Gasteiger partial charge in [0.15, 0.2) is 0 Å². The minimum absolute atomic E-state index is 0.184. The van der Waals surface area contributed by atoms with E-state index in [1.54, 1.807) is 0 Å². The van der Waals surface area contributed by atoms with Crippen LogP contribution >= 0.6 is 38.9 Å². The van der Waals surface area contributed by atoms with Gasteiger partial charge in [0.05, 0.1) is 10.9 Å². The fourth-order valence-electron chi connectivity index (χ4n) is 1.81. The fraction of sp³-hybridized carbons (Fsp3) is 0.143. The summed E-state index contributed by atoms with van der Waals surface area (Å²) in [6.07, 6.45) is 0. The first kappa shape index (κ1) is 16.0.